The number of carbonyl (C=O) groups is 7. The quantitative estimate of drug-likeness (QED) is 0.0376. The van der Waals surface area contributed by atoms with Gasteiger partial charge in [-0.1, -0.05) is 127 Å². The van der Waals surface area contributed by atoms with E-state index in [4.69, 9.17) is 15.2 Å². The first kappa shape index (κ1) is 66.5. The Morgan fingerprint density at radius 3 is 1.77 bits per heavy atom. The zero-order chi connectivity index (χ0) is 59.8. The summed E-state index contributed by atoms with van der Waals surface area (Å²) in [4.78, 5) is 98.2. The Hall–Kier alpha value is -6.80. The lowest BCUT2D eigenvalue weighted by Crippen LogP contribution is -2.63. The number of rotatable bonds is 24. The first-order valence-electron chi connectivity index (χ1n) is 26.7. The van der Waals surface area contributed by atoms with Crippen LogP contribution in [0.25, 0.3) is 0 Å². The first-order valence-corrected chi connectivity index (χ1v) is 28.4. The van der Waals surface area contributed by atoms with Crippen LogP contribution in [0, 0.1) is 11.3 Å². The van der Waals surface area contributed by atoms with Crippen molar-refractivity contribution in [2.24, 2.45) is 17.1 Å². The van der Waals surface area contributed by atoms with Crippen molar-refractivity contribution in [2.45, 2.75) is 175 Å². The lowest BCUT2D eigenvalue weighted by atomic mass is 9.76. The van der Waals surface area contributed by atoms with Gasteiger partial charge in [0.05, 0.1) is 17.8 Å². The Bertz CT molecular complexity index is 2690. The lowest BCUT2D eigenvalue weighted by Gasteiger charge is -2.42. The van der Waals surface area contributed by atoms with Crippen molar-refractivity contribution in [1.29, 1.82) is 0 Å². The van der Waals surface area contributed by atoms with Crippen molar-refractivity contribution in [3.8, 4) is 0 Å². The molecule has 0 saturated carbocycles. The normalized spacial score (nSPS) is 14.3. The fraction of sp³-hybridized carbons (Fsp3) is 0.542. The predicted molar refractivity (Wildman–Crippen MR) is 308 cm³/mol. The molecule has 3 aromatic carbocycles. The summed E-state index contributed by atoms with van der Waals surface area (Å²) in [7, 11) is -1.25. The molecule has 0 bridgehead atoms. The summed E-state index contributed by atoms with van der Waals surface area (Å²) in [6.45, 7) is 24.9. The van der Waals surface area contributed by atoms with Gasteiger partial charge in [0.15, 0.2) is 0 Å². The topological polar surface area (TPSA) is 265 Å². The van der Waals surface area contributed by atoms with Crippen molar-refractivity contribution in [3.63, 3.8) is 0 Å². The standard InChI is InChI=1S/C59H88N8O11S/c1-38(2)46(66(15)53(72)47(56(4,5)6)64-52(71)48(67(16)55(74)78-58(10,11)12)59(13,14)42-27-21-18-22-28-42)35-39(3)49(68)65-79(75,76)37-41-30-32-43(33-31-41)62-51(70)45(29-23-24-34-61-54(73)77-57(7,8)9)63-50(69)44(60)36-40-25-19-17-20-26-40/h17-22,25-28,30-33,35,38,44-48H,23-24,29,34,36-37,60H2,1-16H3,(H,61,73)(H,62,70)(H,63,69)(H,64,71)(H,65,68)/b39-35+/t44-,45-,46+,47+,48+/m0/s1. The maximum atomic E-state index is 14.7. The number of carbonyl (C=O) groups excluding carboxylic acids is 7. The van der Waals surface area contributed by atoms with Crippen LogP contribution in [0.3, 0.4) is 0 Å². The Labute approximate surface area is 469 Å². The molecule has 0 aromatic heterocycles. The largest absolute Gasteiger partial charge is 0.444 e. The molecule has 0 heterocycles. The van der Waals surface area contributed by atoms with Gasteiger partial charge in [-0.3, -0.25) is 28.9 Å². The Balaban J connectivity index is 1.76. The monoisotopic (exact) mass is 1120 g/mol. The lowest BCUT2D eigenvalue weighted by molar-refractivity contribution is -0.141. The van der Waals surface area contributed by atoms with Crippen LogP contribution in [0.2, 0.25) is 0 Å². The number of anilines is 1. The van der Waals surface area contributed by atoms with Gasteiger partial charge in [-0.15, -0.1) is 0 Å². The molecule has 79 heavy (non-hydrogen) atoms. The number of hydrogen-bond acceptors (Lipinski definition) is 12. The minimum Gasteiger partial charge on any atom is -0.444 e. The SMILES string of the molecule is C/C(=C\[C@H](C(C)C)N(C)C(=O)[C@@H](NC(=O)[C@@H](N(C)C(=O)OC(C)(C)C)C(C)(C)c1ccccc1)C(C)(C)C)C(=O)NS(=O)(=O)Cc1ccc(NC(=O)[C@H](CCCCNC(=O)OC(C)(C)C)NC(=O)[C@@H](N)Cc2ccccc2)cc1. The second-order valence-corrected chi connectivity index (χ2v) is 25.8. The van der Waals surface area contributed by atoms with Crippen molar-refractivity contribution in [3.05, 3.63) is 113 Å². The van der Waals surface area contributed by atoms with Crippen LogP contribution in [0.15, 0.2) is 96.6 Å². The first-order chi connectivity index (χ1) is 36.4. The highest BCUT2D eigenvalue weighted by Gasteiger charge is 2.46. The van der Waals surface area contributed by atoms with Crippen LogP contribution in [-0.2, 0) is 61.1 Å². The van der Waals surface area contributed by atoms with E-state index in [9.17, 15) is 42.0 Å². The van der Waals surface area contributed by atoms with Crippen molar-refractivity contribution >= 4 is 57.4 Å². The molecule has 0 radical (unpaired) electrons. The molecule has 0 spiro atoms. The van der Waals surface area contributed by atoms with Gasteiger partial charge in [0.2, 0.25) is 33.7 Å². The molecular weight excluding hydrogens is 1030 g/mol. The zero-order valence-electron chi connectivity index (χ0n) is 49.2. The van der Waals surface area contributed by atoms with E-state index in [2.05, 4.69) is 26.0 Å². The van der Waals surface area contributed by atoms with Crippen LogP contribution in [0.1, 0.15) is 133 Å². The highest BCUT2D eigenvalue weighted by molar-refractivity contribution is 7.89. The predicted octanol–water partition coefficient (Wildman–Crippen LogP) is 7.49. The summed E-state index contributed by atoms with van der Waals surface area (Å²) >= 11 is 0. The molecule has 0 aliphatic rings. The number of likely N-dealkylation sites (N-methyl/N-ethyl adjacent to an activating group) is 2. The molecule has 0 aliphatic heterocycles. The Morgan fingerprint density at radius 2 is 1.24 bits per heavy atom. The number of unbranched alkanes of at least 4 members (excludes halogenated alkanes) is 1. The molecule has 436 valence electrons. The number of nitrogens with zero attached hydrogens (tertiary/aromatic N) is 2. The smallest absolute Gasteiger partial charge is 0.410 e. The maximum absolute atomic E-state index is 14.7. The minimum absolute atomic E-state index is 0.0157. The molecule has 3 aromatic rings. The Morgan fingerprint density at radius 1 is 0.684 bits per heavy atom. The van der Waals surface area contributed by atoms with Gasteiger partial charge in [0, 0.05) is 37.3 Å². The second-order valence-electron chi connectivity index (χ2n) is 24.1. The van der Waals surface area contributed by atoms with E-state index in [1.807, 2.05) is 88.4 Å². The third-order valence-electron chi connectivity index (χ3n) is 12.9. The van der Waals surface area contributed by atoms with E-state index < -0.39 is 110 Å². The van der Waals surface area contributed by atoms with Crippen LogP contribution < -0.4 is 31.7 Å². The highest BCUT2D eigenvalue weighted by atomic mass is 32.2. The van der Waals surface area contributed by atoms with E-state index in [-0.39, 0.29) is 30.9 Å². The summed E-state index contributed by atoms with van der Waals surface area (Å²) < 4.78 is 40.0. The fourth-order valence-electron chi connectivity index (χ4n) is 8.63. The van der Waals surface area contributed by atoms with E-state index in [1.165, 1.54) is 54.1 Å². The van der Waals surface area contributed by atoms with E-state index in [0.29, 0.717) is 24.1 Å². The number of ether oxygens (including phenoxy) is 2. The number of nitrogens with two attached hydrogens (primary N) is 1. The minimum atomic E-state index is -4.29. The van der Waals surface area contributed by atoms with Gasteiger partial charge in [-0.25, -0.2) is 22.7 Å². The van der Waals surface area contributed by atoms with Gasteiger partial charge in [-0.2, -0.15) is 0 Å². The molecular formula is C59H88N8O11S. The number of benzene rings is 3. The van der Waals surface area contributed by atoms with E-state index in [1.54, 1.807) is 69.4 Å². The molecule has 5 atom stereocenters. The molecule has 0 unspecified atom stereocenters. The maximum Gasteiger partial charge on any atom is 0.410 e. The van der Waals surface area contributed by atoms with Crippen LogP contribution in [-0.4, -0.2) is 122 Å². The average Bonchev–Trinajstić information content (AvgIpc) is 3.33. The van der Waals surface area contributed by atoms with Crippen LogP contribution in [0.4, 0.5) is 15.3 Å². The van der Waals surface area contributed by atoms with E-state index in [0.717, 1.165) is 11.1 Å². The molecule has 7 amide bonds. The molecule has 19 nitrogen and oxygen atoms in total. The zero-order valence-corrected chi connectivity index (χ0v) is 50.1. The highest BCUT2D eigenvalue weighted by Crippen LogP contribution is 2.33. The van der Waals surface area contributed by atoms with Gasteiger partial charge in [0.1, 0.15) is 29.3 Å². The summed E-state index contributed by atoms with van der Waals surface area (Å²) in [5.74, 6) is -3.95. The molecule has 7 N–H and O–H groups in total. The van der Waals surface area contributed by atoms with Crippen molar-refractivity contribution < 1.29 is 51.5 Å². The van der Waals surface area contributed by atoms with Crippen molar-refractivity contribution in [2.75, 3.05) is 26.0 Å². The number of hydrogen-bond donors (Lipinski definition) is 6. The molecule has 0 aliphatic carbocycles. The van der Waals surface area contributed by atoms with Gasteiger partial charge >= 0.3 is 12.2 Å². The number of amides is 7. The van der Waals surface area contributed by atoms with E-state index >= 15 is 0 Å². The summed E-state index contributed by atoms with van der Waals surface area (Å²) in [6, 6.07) is 19.5. The second kappa shape index (κ2) is 28.4. The third-order valence-corrected chi connectivity index (χ3v) is 14.1. The molecule has 0 fully saturated rings. The molecule has 20 heteroatoms. The number of sulfonamides is 1. The fourth-order valence-corrected chi connectivity index (χ4v) is 9.78. The third kappa shape index (κ3) is 21.8. The van der Waals surface area contributed by atoms with Crippen LogP contribution >= 0.6 is 0 Å². The van der Waals surface area contributed by atoms with Crippen LogP contribution in [0.5, 0.6) is 0 Å². The van der Waals surface area contributed by atoms with Gasteiger partial charge in [0.25, 0.3) is 5.91 Å². The van der Waals surface area contributed by atoms with Gasteiger partial charge < -0.3 is 41.4 Å². The number of nitrogens with one attached hydrogen (secondary N) is 5. The summed E-state index contributed by atoms with van der Waals surface area (Å²) in [5, 5.41) is 11.2. The molecule has 3 rings (SSSR count). The summed E-state index contributed by atoms with van der Waals surface area (Å²) in [6.07, 6.45) is 1.59. The molecule has 0 saturated heterocycles. The number of alkyl carbamates (subject to hydrolysis) is 1. The average molecular weight is 1120 g/mol. The Kier molecular flexibility index (Phi) is 23.9. The van der Waals surface area contributed by atoms with Crippen molar-refractivity contribution in [1.82, 2.24) is 30.5 Å². The summed E-state index contributed by atoms with van der Waals surface area (Å²) in [5.41, 5.74) is 5.14. The van der Waals surface area contributed by atoms with Gasteiger partial charge in [-0.05, 0) is 114 Å².